The number of para-hydroxylation sites is 1. The topological polar surface area (TPSA) is 131 Å². The van der Waals surface area contributed by atoms with Gasteiger partial charge >= 0.3 is 0 Å². The molecule has 3 N–H and O–H groups in total. The Labute approximate surface area is 159 Å². The zero-order valence-electron chi connectivity index (χ0n) is 15.6. The van der Waals surface area contributed by atoms with E-state index in [9.17, 15) is 14.4 Å². The lowest BCUT2D eigenvalue weighted by Gasteiger charge is -2.30. The van der Waals surface area contributed by atoms with Crippen LogP contribution in [0, 0.1) is 12.8 Å². The molecule has 2 aromatic heterocycles. The number of nitrogens with two attached hydrogens (primary N) is 1. The smallest absolute Gasteiger partial charge is 0.258 e. The largest absolute Gasteiger partial charge is 0.461 e. The maximum absolute atomic E-state index is 12.8. The third-order valence-corrected chi connectivity index (χ3v) is 5.01. The van der Waals surface area contributed by atoms with Gasteiger partial charge in [0.25, 0.3) is 5.56 Å². The fourth-order valence-electron chi connectivity index (χ4n) is 3.92. The number of carbonyl (C=O) groups is 1. The fraction of sp³-hybridized carbons (Fsp3) is 0.250. The van der Waals surface area contributed by atoms with Gasteiger partial charge in [0.1, 0.15) is 17.1 Å². The van der Waals surface area contributed by atoms with Gasteiger partial charge in [-0.15, -0.1) is 0 Å². The predicted molar refractivity (Wildman–Crippen MR) is 105 cm³/mol. The van der Waals surface area contributed by atoms with Gasteiger partial charge in [-0.05, 0) is 26.8 Å². The van der Waals surface area contributed by atoms with Crippen molar-refractivity contribution in [2.75, 3.05) is 5.73 Å². The van der Waals surface area contributed by atoms with E-state index in [-0.39, 0.29) is 28.5 Å². The maximum Gasteiger partial charge on any atom is 0.258 e. The molecule has 0 spiro atoms. The number of aromatic amines is 1. The van der Waals surface area contributed by atoms with Gasteiger partial charge in [-0.25, -0.2) is 4.99 Å². The van der Waals surface area contributed by atoms with Crippen LogP contribution in [0.25, 0.3) is 11.0 Å². The second-order valence-corrected chi connectivity index (χ2v) is 6.95. The number of nitrogen functional groups attached to an aromatic ring is 1. The Morgan fingerprint density at radius 1 is 1.25 bits per heavy atom. The minimum absolute atomic E-state index is 0.0550. The number of H-pyrrole nitrogens is 1. The molecule has 0 bridgehead atoms. The van der Waals surface area contributed by atoms with E-state index in [1.165, 1.54) is 13.0 Å². The molecule has 0 radical (unpaired) electrons. The highest BCUT2D eigenvalue weighted by Crippen LogP contribution is 2.42. The van der Waals surface area contributed by atoms with Crippen LogP contribution >= 0.6 is 0 Å². The van der Waals surface area contributed by atoms with E-state index in [1.54, 1.807) is 32.0 Å². The number of aliphatic imine (C=N–C) groups is 1. The lowest BCUT2D eigenvalue weighted by atomic mass is 9.75. The van der Waals surface area contributed by atoms with E-state index < -0.39 is 17.4 Å². The van der Waals surface area contributed by atoms with Crippen LogP contribution in [-0.2, 0) is 4.79 Å². The number of hydrogen-bond donors (Lipinski definition) is 2. The highest BCUT2D eigenvalue weighted by molar-refractivity contribution is 6.07. The molecule has 0 aliphatic carbocycles. The molecular formula is C20H18N4O4. The lowest BCUT2D eigenvalue weighted by Crippen LogP contribution is -2.35. The summed E-state index contributed by atoms with van der Waals surface area (Å²) in [4.78, 5) is 48.7. The number of nitrogens with one attached hydrogen (secondary N) is 1. The number of anilines is 1. The van der Waals surface area contributed by atoms with E-state index in [1.807, 2.05) is 0 Å². The fourth-order valence-corrected chi connectivity index (χ4v) is 3.92. The molecule has 8 heteroatoms. The number of rotatable bonds is 2. The first-order valence-corrected chi connectivity index (χ1v) is 8.76. The number of ketones is 1. The summed E-state index contributed by atoms with van der Waals surface area (Å²) in [6.07, 6.45) is 0. The standard InChI is InChI=1S/C20H18N4O4/c1-8-7-13(26)11-5-4-6-12(17(11)28-8)15-14(10(3)25)9(2)22-18-16(15)19(27)24-20(21)23-18/h4-7,14-15H,1-3H3,(H3,21,23,24,27). The van der Waals surface area contributed by atoms with Crippen molar-refractivity contribution >= 4 is 34.2 Å². The van der Waals surface area contributed by atoms with Gasteiger partial charge < -0.3 is 10.2 Å². The van der Waals surface area contributed by atoms with E-state index in [2.05, 4.69) is 15.0 Å². The monoisotopic (exact) mass is 378 g/mol. The molecular weight excluding hydrogens is 360 g/mol. The first-order valence-electron chi connectivity index (χ1n) is 8.76. The van der Waals surface area contributed by atoms with Gasteiger partial charge in [-0.2, -0.15) is 4.98 Å². The molecule has 8 nitrogen and oxygen atoms in total. The predicted octanol–water partition coefficient (Wildman–Crippen LogP) is 2.21. The van der Waals surface area contributed by atoms with Crippen molar-refractivity contribution in [1.29, 1.82) is 0 Å². The maximum atomic E-state index is 12.8. The van der Waals surface area contributed by atoms with Gasteiger partial charge in [0, 0.05) is 23.3 Å². The second-order valence-electron chi connectivity index (χ2n) is 6.95. The van der Waals surface area contributed by atoms with Crippen LogP contribution in [0.3, 0.4) is 0 Å². The summed E-state index contributed by atoms with van der Waals surface area (Å²) in [5, 5.41) is 0.381. The van der Waals surface area contributed by atoms with Crippen molar-refractivity contribution in [3.05, 3.63) is 61.7 Å². The van der Waals surface area contributed by atoms with Crippen molar-refractivity contribution in [1.82, 2.24) is 9.97 Å². The highest BCUT2D eigenvalue weighted by atomic mass is 16.3. The third-order valence-electron chi connectivity index (χ3n) is 5.01. The van der Waals surface area contributed by atoms with Gasteiger partial charge in [-0.1, -0.05) is 12.1 Å². The molecule has 0 saturated carbocycles. The zero-order valence-corrected chi connectivity index (χ0v) is 15.6. The van der Waals surface area contributed by atoms with Gasteiger partial charge in [0.15, 0.2) is 11.2 Å². The van der Waals surface area contributed by atoms with Crippen LogP contribution < -0.4 is 16.7 Å². The average molecular weight is 378 g/mol. The molecule has 2 unspecified atom stereocenters. The summed E-state index contributed by atoms with van der Waals surface area (Å²) in [7, 11) is 0. The van der Waals surface area contributed by atoms with Gasteiger partial charge in [0.05, 0.1) is 16.9 Å². The second kappa shape index (κ2) is 6.26. The van der Waals surface area contributed by atoms with Crippen molar-refractivity contribution in [3.63, 3.8) is 0 Å². The molecule has 4 rings (SSSR count). The van der Waals surface area contributed by atoms with E-state index in [0.29, 0.717) is 28.0 Å². The van der Waals surface area contributed by atoms with Crippen molar-refractivity contribution in [3.8, 4) is 0 Å². The van der Waals surface area contributed by atoms with Crippen molar-refractivity contribution < 1.29 is 9.21 Å². The number of Topliss-reactive ketones (excluding diaryl/α,β-unsaturated/α-hetero) is 1. The number of benzene rings is 1. The van der Waals surface area contributed by atoms with Crippen LogP contribution in [0.2, 0.25) is 0 Å². The molecule has 0 fully saturated rings. The molecule has 0 amide bonds. The van der Waals surface area contributed by atoms with Crippen LogP contribution in [0.15, 0.2) is 43.3 Å². The van der Waals surface area contributed by atoms with Gasteiger partial charge in [0.2, 0.25) is 5.95 Å². The van der Waals surface area contributed by atoms with Gasteiger partial charge in [-0.3, -0.25) is 19.4 Å². The normalized spacial score (nSPS) is 18.6. The minimum atomic E-state index is -0.699. The number of hydrogen-bond acceptors (Lipinski definition) is 7. The molecule has 1 aromatic carbocycles. The Morgan fingerprint density at radius 2 is 2.00 bits per heavy atom. The van der Waals surface area contributed by atoms with Crippen molar-refractivity contribution in [2.24, 2.45) is 10.9 Å². The molecule has 28 heavy (non-hydrogen) atoms. The molecule has 142 valence electrons. The van der Waals surface area contributed by atoms with Crippen LogP contribution in [0.4, 0.5) is 11.8 Å². The summed E-state index contributed by atoms with van der Waals surface area (Å²) >= 11 is 0. The summed E-state index contributed by atoms with van der Waals surface area (Å²) < 4.78 is 5.86. The molecule has 1 aliphatic heterocycles. The Kier molecular flexibility index (Phi) is 3.99. The SMILES string of the molecule is CC(=O)C1C(C)=Nc2nc(N)[nH]c(=O)c2C1c1cccc2c(=O)cc(C)oc12. The van der Waals surface area contributed by atoms with E-state index in [0.717, 1.165) is 0 Å². The number of carbonyl (C=O) groups excluding carboxylic acids is 1. The highest BCUT2D eigenvalue weighted by Gasteiger charge is 2.39. The van der Waals surface area contributed by atoms with Crippen molar-refractivity contribution in [2.45, 2.75) is 26.7 Å². The molecule has 3 aromatic rings. The first kappa shape index (κ1) is 17.8. The number of nitrogens with zero attached hydrogens (tertiary/aromatic N) is 2. The molecule has 0 saturated heterocycles. The summed E-state index contributed by atoms with van der Waals surface area (Å²) in [5.41, 5.74) is 6.68. The summed E-state index contributed by atoms with van der Waals surface area (Å²) in [5.74, 6) is -0.977. The van der Waals surface area contributed by atoms with Crippen LogP contribution in [0.5, 0.6) is 0 Å². The van der Waals surface area contributed by atoms with Crippen LogP contribution in [-0.4, -0.2) is 21.5 Å². The van der Waals surface area contributed by atoms with E-state index >= 15 is 0 Å². The van der Waals surface area contributed by atoms with Crippen LogP contribution in [0.1, 0.15) is 36.7 Å². The minimum Gasteiger partial charge on any atom is -0.461 e. The summed E-state index contributed by atoms with van der Waals surface area (Å²) in [6.45, 7) is 4.84. The zero-order chi connectivity index (χ0) is 20.2. The Balaban J connectivity index is 2.13. The van der Waals surface area contributed by atoms with E-state index in [4.69, 9.17) is 10.2 Å². The molecule has 2 atom stereocenters. The Hall–Kier alpha value is -3.55. The molecule has 1 aliphatic rings. The number of aromatic nitrogens is 2. The number of aryl methyl sites for hydroxylation is 1. The third kappa shape index (κ3) is 2.65. The quantitative estimate of drug-likeness (QED) is 0.703. The lowest BCUT2D eigenvalue weighted by molar-refractivity contribution is -0.119. The molecule has 3 heterocycles. The Bertz CT molecular complexity index is 1290. The average Bonchev–Trinajstić information content (AvgIpc) is 2.59. The number of fused-ring (bicyclic) bond motifs is 2. The Morgan fingerprint density at radius 3 is 2.71 bits per heavy atom. The summed E-state index contributed by atoms with van der Waals surface area (Å²) in [6, 6.07) is 6.53. The first-order chi connectivity index (χ1) is 13.3.